The lowest BCUT2D eigenvalue weighted by Crippen LogP contribution is -2.36. The molecule has 0 radical (unpaired) electrons. The normalized spacial score (nSPS) is 25.8. The fraction of sp³-hybridized carbons (Fsp3) is 1.00. The molecule has 2 aliphatic rings. The maximum atomic E-state index is 3.67. The van der Waals surface area contributed by atoms with E-state index in [1.54, 1.807) is 0 Å². The number of rotatable bonds is 4. The van der Waals surface area contributed by atoms with Crippen molar-refractivity contribution in [2.45, 2.75) is 63.8 Å². The van der Waals surface area contributed by atoms with Gasteiger partial charge in [0.05, 0.1) is 0 Å². The van der Waals surface area contributed by atoms with Crippen LogP contribution in [0.3, 0.4) is 0 Å². The molecule has 0 spiro atoms. The van der Waals surface area contributed by atoms with Gasteiger partial charge in [-0.15, -0.1) is 0 Å². The maximum Gasteiger partial charge on any atom is 0.00670 e. The van der Waals surface area contributed by atoms with Crippen LogP contribution in [0.25, 0.3) is 0 Å². The van der Waals surface area contributed by atoms with Gasteiger partial charge in [0.25, 0.3) is 0 Å². The Balaban J connectivity index is 1.50. The Kier molecular flexibility index (Phi) is 3.65. The summed E-state index contributed by atoms with van der Waals surface area (Å²) in [6, 6.07) is 0.892. The van der Waals surface area contributed by atoms with Crippen molar-refractivity contribution in [1.82, 2.24) is 5.32 Å². The molecule has 0 aromatic rings. The molecule has 0 atom stereocenters. The van der Waals surface area contributed by atoms with Gasteiger partial charge in [0.1, 0.15) is 0 Å². The van der Waals surface area contributed by atoms with Gasteiger partial charge in [-0.2, -0.15) is 0 Å². The fourth-order valence-electron chi connectivity index (χ4n) is 2.58. The van der Waals surface area contributed by atoms with Gasteiger partial charge >= 0.3 is 0 Å². The van der Waals surface area contributed by atoms with E-state index in [9.17, 15) is 0 Å². The lowest BCUT2D eigenvalue weighted by atomic mass is 9.86. The standard InChI is InChI=1S/C12H23N/c1-2-5-11(6-3-1)9-10-13-12-7-4-8-12/h11-13H,1-10H2. The zero-order chi connectivity index (χ0) is 8.93. The second-order valence-corrected chi connectivity index (χ2v) is 4.87. The van der Waals surface area contributed by atoms with E-state index in [4.69, 9.17) is 0 Å². The molecule has 0 amide bonds. The first-order valence-electron chi connectivity index (χ1n) is 6.18. The van der Waals surface area contributed by atoms with Gasteiger partial charge in [0, 0.05) is 6.04 Å². The van der Waals surface area contributed by atoms with Crippen LogP contribution in [0, 0.1) is 5.92 Å². The zero-order valence-electron chi connectivity index (χ0n) is 8.73. The van der Waals surface area contributed by atoms with Crippen molar-refractivity contribution in [3.63, 3.8) is 0 Å². The molecule has 0 heterocycles. The Bertz CT molecular complexity index is 134. The fourth-order valence-corrected chi connectivity index (χ4v) is 2.58. The highest BCUT2D eigenvalue weighted by atomic mass is 14.9. The minimum absolute atomic E-state index is 0.892. The molecule has 1 nitrogen and oxygen atoms in total. The molecular weight excluding hydrogens is 158 g/mol. The summed E-state index contributed by atoms with van der Waals surface area (Å²) in [6.45, 7) is 1.29. The second-order valence-electron chi connectivity index (χ2n) is 4.87. The van der Waals surface area contributed by atoms with Crippen LogP contribution in [-0.2, 0) is 0 Å². The van der Waals surface area contributed by atoms with Crippen molar-refractivity contribution in [3.05, 3.63) is 0 Å². The Morgan fingerprint density at radius 1 is 0.846 bits per heavy atom. The summed E-state index contributed by atoms with van der Waals surface area (Å²) >= 11 is 0. The van der Waals surface area contributed by atoms with Crippen molar-refractivity contribution in [2.75, 3.05) is 6.54 Å². The van der Waals surface area contributed by atoms with Crippen molar-refractivity contribution in [1.29, 1.82) is 0 Å². The summed E-state index contributed by atoms with van der Waals surface area (Å²) < 4.78 is 0. The predicted molar refractivity (Wildman–Crippen MR) is 56.8 cm³/mol. The Labute approximate surface area is 82.3 Å². The summed E-state index contributed by atoms with van der Waals surface area (Å²) in [5, 5.41) is 3.67. The van der Waals surface area contributed by atoms with Crippen molar-refractivity contribution >= 4 is 0 Å². The molecule has 0 aromatic carbocycles. The first kappa shape index (κ1) is 9.51. The Morgan fingerprint density at radius 2 is 1.62 bits per heavy atom. The molecule has 1 N–H and O–H groups in total. The molecular formula is C12H23N. The summed E-state index contributed by atoms with van der Waals surface area (Å²) in [4.78, 5) is 0. The highest BCUT2D eigenvalue weighted by Crippen LogP contribution is 2.26. The van der Waals surface area contributed by atoms with E-state index >= 15 is 0 Å². The third kappa shape index (κ3) is 2.98. The van der Waals surface area contributed by atoms with E-state index in [0.29, 0.717) is 0 Å². The molecule has 2 fully saturated rings. The predicted octanol–water partition coefficient (Wildman–Crippen LogP) is 3.10. The Hall–Kier alpha value is -0.0400. The van der Waals surface area contributed by atoms with Crippen LogP contribution in [0.5, 0.6) is 0 Å². The van der Waals surface area contributed by atoms with Crippen LogP contribution < -0.4 is 5.32 Å². The maximum absolute atomic E-state index is 3.67. The first-order valence-corrected chi connectivity index (χ1v) is 6.18. The average molecular weight is 181 g/mol. The summed E-state index contributed by atoms with van der Waals surface area (Å²) in [6.07, 6.45) is 13.3. The summed E-state index contributed by atoms with van der Waals surface area (Å²) in [5.74, 6) is 1.06. The van der Waals surface area contributed by atoms with Gasteiger partial charge in [0.15, 0.2) is 0 Å². The smallest absolute Gasteiger partial charge is 0.00670 e. The SMILES string of the molecule is C1CCC(CCNC2CCC2)CC1. The zero-order valence-corrected chi connectivity index (χ0v) is 8.73. The largest absolute Gasteiger partial charge is 0.314 e. The molecule has 0 unspecified atom stereocenters. The molecule has 2 aliphatic carbocycles. The molecule has 0 saturated heterocycles. The van der Waals surface area contributed by atoms with E-state index in [0.717, 1.165) is 12.0 Å². The van der Waals surface area contributed by atoms with E-state index in [1.165, 1.54) is 64.3 Å². The molecule has 1 heteroatoms. The first-order chi connectivity index (χ1) is 6.45. The van der Waals surface area contributed by atoms with Crippen LogP contribution >= 0.6 is 0 Å². The molecule has 0 bridgehead atoms. The molecule has 76 valence electrons. The van der Waals surface area contributed by atoms with Crippen molar-refractivity contribution < 1.29 is 0 Å². The summed E-state index contributed by atoms with van der Waals surface area (Å²) in [5.41, 5.74) is 0. The van der Waals surface area contributed by atoms with Gasteiger partial charge < -0.3 is 5.32 Å². The third-order valence-electron chi connectivity index (χ3n) is 3.82. The number of hydrogen-bond donors (Lipinski definition) is 1. The minimum atomic E-state index is 0.892. The third-order valence-corrected chi connectivity index (χ3v) is 3.82. The quantitative estimate of drug-likeness (QED) is 0.702. The molecule has 2 saturated carbocycles. The van der Waals surface area contributed by atoms with E-state index in [1.807, 2.05) is 0 Å². The van der Waals surface area contributed by atoms with Gasteiger partial charge in [-0.3, -0.25) is 0 Å². The van der Waals surface area contributed by atoms with Gasteiger partial charge in [-0.05, 0) is 31.7 Å². The number of hydrogen-bond acceptors (Lipinski definition) is 1. The number of nitrogens with one attached hydrogen (secondary N) is 1. The lowest BCUT2D eigenvalue weighted by molar-refractivity contribution is 0.297. The highest BCUT2D eigenvalue weighted by molar-refractivity contribution is 4.77. The van der Waals surface area contributed by atoms with E-state index in [-0.39, 0.29) is 0 Å². The monoisotopic (exact) mass is 181 g/mol. The van der Waals surface area contributed by atoms with Gasteiger partial charge in [-0.1, -0.05) is 38.5 Å². The van der Waals surface area contributed by atoms with Crippen LogP contribution in [-0.4, -0.2) is 12.6 Å². The molecule has 13 heavy (non-hydrogen) atoms. The molecule has 2 rings (SSSR count). The van der Waals surface area contributed by atoms with Crippen molar-refractivity contribution in [3.8, 4) is 0 Å². The lowest BCUT2D eigenvalue weighted by Gasteiger charge is -2.28. The summed E-state index contributed by atoms with van der Waals surface area (Å²) in [7, 11) is 0. The molecule has 0 aromatic heterocycles. The van der Waals surface area contributed by atoms with Crippen molar-refractivity contribution in [2.24, 2.45) is 5.92 Å². The van der Waals surface area contributed by atoms with Crippen LogP contribution in [0.15, 0.2) is 0 Å². The van der Waals surface area contributed by atoms with Gasteiger partial charge in [-0.25, -0.2) is 0 Å². The molecule has 0 aliphatic heterocycles. The van der Waals surface area contributed by atoms with E-state index in [2.05, 4.69) is 5.32 Å². The average Bonchev–Trinajstić information content (AvgIpc) is 2.11. The topological polar surface area (TPSA) is 12.0 Å². The van der Waals surface area contributed by atoms with Crippen LogP contribution in [0.1, 0.15) is 57.8 Å². The minimum Gasteiger partial charge on any atom is -0.314 e. The van der Waals surface area contributed by atoms with Crippen LogP contribution in [0.2, 0.25) is 0 Å². The van der Waals surface area contributed by atoms with Crippen LogP contribution in [0.4, 0.5) is 0 Å². The highest BCUT2D eigenvalue weighted by Gasteiger charge is 2.17. The Morgan fingerprint density at radius 3 is 2.23 bits per heavy atom. The van der Waals surface area contributed by atoms with E-state index < -0.39 is 0 Å². The van der Waals surface area contributed by atoms with Gasteiger partial charge in [0.2, 0.25) is 0 Å². The second kappa shape index (κ2) is 4.99.